The first-order valence-corrected chi connectivity index (χ1v) is 11.6. The number of carbonyl (C=O) groups excluding carboxylic acids is 2. The van der Waals surface area contributed by atoms with Crippen LogP contribution in [0.25, 0.3) is 0 Å². The van der Waals surface area contributed by atoms with Crippen molar-refractivity contribution in [2.75, 3.05) is 29.9 Å². The third-order valence-corrected chi connectivity index (χ3v) is 5.47. The zero-order chi connectivity index (χ0) is 25.2. The molecule has 4 N–H and O–H groups in total. The zero-order valence-electron chi connectivity index (χ0n) is 19.6. The highest BCUT2D eigenvalue weighted by molar-refractivity contribution is 6.02. The second kappa shape index (κ2) is 12.6. The van der Waals surface area contributed by atoms with Gasteiger partial charge in [-0.05, 0) is 42.3 Å². The Morgan fingerprint density at radius 3 is 2.37 bits per heavy atom. The number of carbonyl (C=O) groups is 2. The Labute approximate surface area is 204 Å². The van der Waals surface area contributed by atoms with Gasteiger partial charge in [0.1, 0.15) is 17.7 Å². The molecule has 0 saturated carbocycles. The molecule has 35 heavy (non-hydrogen) atoms. The zero-order valence-corrected chi connectivity index (χ0v) is 19.6. The molecule has 3 aromatic carbocycles. The molecule has 0 bridgehead atoms. The first-order valence-electron chi connectivity index (χ1n) is 11.6. The molecule has 3 aromatic rings. The van der Waals surface area contributed by atoms with Gasteiger partial charge in [-0.1, -0.05) is 49.4 Å². The van der Waals surface area contributed by atoms with E-state index in [0.717, 1.165) is 12.0 Å². The Balaban J connectivity index is 1.89. The van der Waals surface area contributed by atoms with Crippen molar-refractivity contribution < 1.29 is 18.4 Å². The first kappa shape index (κ1) is 25.8. The SMILES string of the molecule is CCCN(CCN)c1ccc(F)cc1NC(=O)C(Cc1ccccc1)NC(=O)c1ccccc1F. The van der Waals surface area contributed by atoms with Crippen LogP contribution in [0.15, 0.2) is 72.8 Å². The van der Waals surface area contributed by atoms with E-state index in [9.17, 15) is 18.4 Å². The number of benzene rings is 3. The Bertz CT molecular complexity index is 1140. The van der Waals surface area contributed by atoms with Crippen LogP contribution in [0.3, 0.4) is 0 Å². The van der Waals surface area contributed by atoms with E-state index in [0.29, 0.717) is 25.3 Å². The third kappa shape index (κ3) is 7.10. The highest BCUT2D eigenvalue weighted by Gasteiger charge is 2.25. The van der Waals surface area contributed by atoms with Crippen LogP contribution in [0, 0.1) is 11.6 Å². The molecule has 0 saturated heterocycles. The van der Waals surface area contributed by atoms with Crippen molar-refractivity contribution in [2.24, 2.45) is 5.73 Å². The second-order valence-electron chi connectivity index (χ2n) is 8.12. The predicted octanol–water partition coefficient (Wildman–Crippen LogP) is 4.12. The van der Waals surface area contributed by atoms with Crippen molar-refractivity contribution in [3.63, 3.8) is 0 Å². The molecule has 0 heterocycles. The summed E-state index contributed by atoms with van der Waals surface area (Å²) in [5.41, 5.74) is 7.29. The van der Waals surface area contributed by atoms with Gasteiger partial charge < -0.3 is 21.3 Å². The molecule has 0 radical (unpaired) electrons. The van der Waals surface area contributed by atoms with Gasteiger partial charge in [0.25, 0.3) is 5.91 Å². The topological polar surface area (TPSA) is 87.5 Å². The van der Waals surface area contributed by atoms with Crippen molar-refractivity contribution in [2.45, 2.75) is 25.8 Å². The summed E-state index contributed by atoms with van der Waals surface area (Å²) in [6.45, 7) is 3.60. The molecule has 1 unspecified atom stereocenters. The number of nitrogens with two attached hydrogens (primary N) is 1. The third-order valence-electron chi connectivity index (χ3n) is 5.47. The van der Waals surface area contributed by atoms with E-state index in [1.807, 2.05) is 42.2 Å². The number of nitrogens with one attached hydrogen (secondary N) is 2. The quantitative estimate of drug-likeness (QED) is 0.385. The maximum absolute atomic E-state index is 14.2. The first-order chi connectivity index (χ1) is 16.9. The fraction of sp³-hybridized carbons (Fsp3) is 0.259. The second-order valence-corrected chi connectivity index (χ2v) is 8.12. The van der Waals surface area contributed by atoms with Gasteiger partial charge in [-0.15, -0.1) is 0 Å². The van der Waals surface area contributed by atoms with Crippen molar-refractivity contribution in [1.82, 2.24) is 5.32 Å². The molecule has 1 atom stereocenters. The van der Waals surface area contributed by atoms with Gasteiger partial charge in [-0.25, -0.2) is 8.78 Å². The van der Waals surface area contributed by atoms with E-state index in [-0.39, 0.29) is 17.7 Å². The molecule has 2 amide bonds. The van der Waals surface area contributed by atoms with Gasteiger partial charge in [0, 0.05) is 26.1 Å². The van der Waals surface area contributed by atoms with Crippen LogP contribution in [-0.2, 0) is 11.2 Å². The van der Waals surface area contributed by atoms with Crippen molar-refractivity contribution in [1.29, 1.82) is 0 Å². The normalized spacial score (nSPS) is 11.5. The van der Waals surface area contributed by atoms with Crippen LogP contribution in [0.1, 0.15) is 29.3 Å². The number of amides is 2. The summed E-state index contributed by atoms with van der Waals surface area (Å²) in [4.78, 5) is 28.2. The summed E-state index contributed by atoms with van der Waals surface area (Å²) in [6, 6.07) is 17.8. The van der Waals surface area contributed by atoms with Crippen LogP contribution in [0.5, 0.6) is 0 Å². The summed E-state index contributed by atoms with van der Waals surface area (Å²) in [6.07, 6.45) is 0.999. The van der Waals surface area contributed by atoms with Crippen LogP contribution in [0.4, 0.5) is 20.2 Å². The van der Waals surface area contributed by atoms with Gasteiger partial charge >= 0.3 is 0 Å². The van der Waals surface area contributed by atoms with Gasteiger partial charge in [-0.3, -0.25) is 9.59 Å². The monoisotopic (exact) mass is 480 g/mol. The maximum Gasteiger partial charge on any atom is 0.254 e. The molecular formula is C27H30F2N4O2. The lowest BCUT2D eigenvalue weighted by molar-refractivity contribution is -0.118. The molecule has 6 nitrogen and oxygen atoms in total. The molecule has 0 spiro atoms. The largest absolute Gasteiger partial charge is 0.369 e. The van der Waals surface area contributed by atoms with E-state index < -0.39 is 29.5 Å². The molecule has 3 rings (SSSR count). The fourth-order valence-electron chi connectivity index (χ4n) is 3.82. The summed E-state index contributed by atoms with van der Waals surface area (Å²) in [7, 11) is 0. The molecule has 0 aliphatic heterocycles. The minimum atomic E-state index is -1.03. The molecule has 0 fully saturated rings. The molecule has 0 aromatic heterocycles. The predicted molar refractivity (Wildman–Crippen MR) is 134 cm³/mol. The molecular weight excluding hydrogens is 450 g/mol. The summed E-state index contributed by atoms with van der Waals surface area (Å²) < 4.78 is 28.3. The lowest BCUT2D eigenvalue weighted by Gasteiger charge is -2.27. The van der Waals surface area contributed by atoms with Crippen LogP contribution >= 0.6 is 0 Å². The van der Waals surface area contributed by atoms with E-state index >= 15 is 0 Å². The Morgan fingerprint density at radius 2 is 1.69 bits per heavy atom. The van der Waals surface area contributed by atoms with Gasteiger partial charge in [-0.2, -0.15) is 0 Å². The fourth-order valence-corrected chi connectivity index (χ4v) is 3.82. The minimum Gasteiger partial charge on any atom is -0.369 e. The highest BCUT2D eigenvalue weighted by Crippen LogP contribution is 2.27. The van der Waals surface area contributed by atoms with Crippen LogP contribution in [0.2, 0.25) is 0 Å². The van der Waals surface area contributed by atoms with E-state index in [4.69, 9.17) is 5.73 Å². The van der Waals surface area contributed by atoms with E-state index in [1.54, 1.807) is 12.1 Å². The van der Waals surface area contributed by atoms with Gasteiger partial charge in [0.05, 0.1) is 16.9 Å². The number of hydrogen-bond donors (Lipinski definition) is 3. The smallest absolute Gasteiger partial charge is 0.254 e. The molecule has 184 valence electrons. The molecule has 8 heteroatoms. The summed E-state index contributed by atoms with van der Waals surface area (Å²) in [5.74, 6) is -2.46. The molecule has 0 aliphatic rings. The number of nitrogens with zero attached hydrogens (tertiary/aromatic N) is 1. The number of anilines is 2. The van der Waals surface area contributed by atoms with Crippen LogP contribution < -0.4 is 21.3 Å². The van der Waals surface area contributed by atoms with E-state index in [1.165, 1.54) is 30.3 Å². The minimum absolute atomic E-state index is 0.165. The van der Waals surface area contributed by atoms with Crippen LogP contribution in [-0.4, -0.2) is 37.5 Å². The summed E-state index contributed by atoms with van der Waals surface area (Å²) >= 11 is 0. The standard InChI is InChI=1S/C27H30F2N4O2/c1-2-15-33(16-14-30)25-13-12-20(28)18-23(25)31-27(35)24(17-19-8-4-3-5-9-19)32-26(34)21-10-6-7-11-22(21)29/h3-13,18,24H,2,14-17,30H2,1H3,(H,31,35)(H,32,34). The average Bonchev–Trinajstić information content (AvgIpc) is 2.84. The van der Waals surface area contributed by atoms with Crippen molar-refractivity contribution in [3.8, 4) is 0 Å². The van der Waals surface area contributed by atoms with Gasteiger partial charge in [0.2, 0.25) is 5.91 Å². The lowest BCUT2D eigenvalue weighted by Crippen LogP contribution is -2.45. The number of halogens is 2. The molecule has 0 aliphatic carbocycles. The summed E-state index contributed by atoms with van der Waals surface area (Å²) in [5, 5.41) is 5.41. The number of hydrogen-bond acceptors (Lipinski definition) is 4. The average molecular weight is 481 g/mol. The van der Waals surface area contributed by atoms with Crippen molar-refractivity contribution >= 4 is 23.2 Å². The van der Waals surface area contributed by atoms with Gasteiger partial charge in [0.15, 0.2) is 0 Å². The van der Waals surface area contributed by atoms with Crippen molar-refractivity contribution in [3.05, 3.63) is 95.6 Å². The maximum atomic E-state index is 14.2. The Morgan fingerprint density at radius 1 is 0.971 bits per heavy atom. The van der Waals surface area contributed by atoms with E-state index in [2.05, 4.69) is 10.6 Å². The number of rotatable bonds is 11. The Kier molecular flexibility index (Phi) is 9.31. The lowest BCUT2D eigenvalue weighted by atomic mass is 10.0. The highest BCUT2D eigenvalue weighted by atomic mass is 19.1. The Hall–Kier alpha value is -3.78.